The molecule has 1 aromatic heterocycles. The lowest BCUT2D eigenvalue weighted by Gasteiger charge is -2.03. The van der Waals surface area contributed by atoms with Gasteiger partial charge in [0, 0.05) is 22.0 Å². The third-order valence-electron chi connectivity index (χ3n) is 2.97. The van der Waals surface area contributed by atoms with Gasteiger partial charge in [-0.3, -0.25) is 0 Å². The highest BCUT2D eigenvalue weighted by Gasteiger charge is 2.12. The molecule has 0 saturated heterocycles. The van der Waals surface area contributed by atoms with Crippen LogP contribution in [0.2, 0.25) is 0 Å². The number of carbonyl (C=O) groups excluding carboxylic acids is 1. The first-order valence-corrected chi connectivity index (χ1v) is 7.24. The number of hydrogen-bond acceptors (Lipinski definition) is 3. The number of para-hydroxylation sites is 1. The lowest BCUT2D eigenvalue weighted by atomic mass is 10.2. The van der Waals surface area contributed by atoms with E-state index in [1.807, 2.05) is 54.6 Å². The molecule has 0 radical (unpaired) electrons. The third kappa shape index (κ3) is 4.04. The van der Waals surface area contributed by atoms with E-state index < -0.39 is 0 Å². The molecule has 116 valence electrons. The van der Waals surface area contributed by atoms with Gasteiger partial charge in [-0.25, -0.2) is 4.79 Å². The fourth-order valence-corrected chi connectivity index (χ4v) is 2.64. The van der Waals surface area contributed by atoms with Gasteiger partial charge in [-0.05, 0) is 18.2 Å². The number of fused-ring (bicyclic) bond motifs is 1. The minimum Gasteiger partial charge on any atom is -0.451 e. The highest BCUT2D eigenvalue weighted by Crippen LogP contribution is 2.21. The van der Waals surface area contributed by atoms with Crippen LogP contribution in [-0.4, -0.2) is 22.4 Å². The first-order valence-electron chi connectivity index (χ1n) is 6.26. The van der Waals surface area contributed by atoms with E-state index in [2.05, 4.69) is 4.98 Å². The molecule has 0 fully saturated rings. The van der Waals surface area contributed by atoms with Gasteiger partial charge in [-0.1, -0.05) is 48.2 Å². The Labute approximate surface area is 138 Å². The molecule has 0 spiro atoms. The number of hydrogen-bond donors (Lipinski definition) is 1. The van der Waals surface area contributed by atoms with Gasteiger partial charge in [0.2, 0.25) is 0 Å². The summed E-state index contributed by atoms with van der Waals surface area (Å²) >= 11 is 1.50. The van der Waals surface area contributed by atoms with E-state index in [0.29, 0.717) is 11.5 Å². The lowest BCUT2D eigenvalue weighted by Crippen LogP contribution is -2.03. The number of benzene rings is 2. The fraction of sp³-hybridized carbons (Fsp3) is 0.0625. The van der Waals surface area contributed by atoms with Crippen LogP contribution in [0.1, 0.15) is 10.4 Å². The van der Waals surface area contributed by atoms with Gasteiger partial charge in [-0.2, -0.15) is 0 Å². The van der Waals surface area contributed by atoms with Crippen LogP contribution in [0.15, 0.2) is 65.7 Å². The minimum atomic E-state index is -0.300. The van der Waals surface area contributed by atoms with Crippen LogP contribution in [0.5, 0.6) is 0 Å². The monoisotopic (exact) mass is 337 g/mol. The average Bonchev–Trinajstić information content (AvgIpc) is 2.92. The maximum atomic E-state index is 12.1. The molecule has 2 aromatic carbocycles. The molecule has 3 N–H and O–H groups in total. The zero-order valence-corrected chi connectivity index (χ0v) is 13.2. The summed E-state index contributed by atoms with van der Waals surface area (Å²) in [7, 11) is 0. The van der Waals surface area contributed by atoms with Crippen molar-refractivity contribution in [3.8, 4) is 0 Å². The Morgan fingerprint density at radius 3 is 2.50 bits per heavy atom. The largest absolute Gasteiger partial charge is 0.451 e. The molecule has 0 amide bonds. The van der Waals surface area contributed by atoms with Crippen molar-refractivity contribution in [1.82, 2.24) is 4.98 Å². The number of rotatable bonds is 4. The summed E-state index contributed by atoms with van der Waals surface area (Å²) in [5.74, 6) is 0.00778. The zero-order chi connectivity index (χ0) is 13.8. The van der Waals surface area contributed by atoms with Gasteiger partial charge in [0.05, 0.1) is 5.56 Å². The van der Waals surface area contributed by atoms with Crippen molar-refractivity contribution in [3.05, 3.63) is 66.4 Å². The highest BCUT2D eigenvalue weighted by atomic mass is 35.5. The van der Waals surface area contributed by atoms with Crippen LogP contribution in [0.25, 0.3) is 10.9 Å². The Kier molecular flexibility index (Phi) is 6.98. The van der Waals surface area contributed by atoms with E-state index in [9.17, 15) is 4.79 Å². The fourth-order valence-electron chi connectivity index (χ4n) is 1.99. The van der Waals surface area contributed by atoms with Crippen molar-refractivity contribution in [2.45, 2.75) is 4.90 Å². The summed E-state index contributed by atoms with van der Waals surface area (Å²) in [5, 5.41) is 0.891. The Bertz CT molecular complexity index is 730. The number of thioether (sulfide) groups is 1. The van der Waals surface area contributed by atoms with Crippen LogP contribution in [0.3, 0.4) is 0 Å². The Morgan fingerprint density at radius 2 is 1.73 bits per heavy atom. The van der Waals surface area contributed by atoms with Gasteiger partial charge in [0.15, 0.2) is 0 Å². The van der Waals surface area contributed by atoms with Gasteiger partial charge in [0.25, 0.3) is 0 Å². The van der Waals surface area contributed by atoms with Gasteiger partial charge < -0.3 is 15.2 Å². The SMILES string of the molecule is Cl.O.O=C(OCSc1ccccc1)c1c[nH]c2ccccc12. The highest BCUT2D eigenvalue weighted by molar-refractivity contribution is 7.99. The summed E-state index contributed by atoms with van der Waals surface area (Å²) in [6.45, 7) is 0. The predicted octanol–water partition coefficient (Wildman–Crippen LogP) is 3.67. The Morgan fingerprint density at radius 1 is 1.05 bits per heavy atom. The molecular formula is C16H16ClNO3S. The molecule has 3 rings (SSSR count). The molecule has 0 aliphatic heterocycles. The lowest BCUT2D eigenvalue weighted by molar-refractivity contribution is 0.0581. The van der Waals surface area contributed by atoms with Crippen molar-refractivity contribution >= 4 is 41.0 Å². The van der Waals surface area contributed by atoms with Crippen molar-refractivity contribution in [2.75, 3.05) is 5.94 Å². The minimum absolute atomic E-state index is 0. The first kappa shape index (κ1) is 18.1. The maximum Gasteiger partial charge on any atom is 0.341 e. The summed E-state index contributed by atoms with van der Waals surface area (Å²) in [6.07, 6.45) is 1.69. The number of halogens is 1. The van der Waals surface area contributed by atoms with Gasteiger partial charge in [0.1, 0.15) is 5.94 Å². The molecule has 0 aliphatic carbocycles. The van der Waals surface area contributed by atoms with E-state index in [4.69, 9.17) is 4.74 Å². The predicted molar refractivity (Wildman–Crippen MR) is 91.7 cm³/mol. The smallest absolute Gasteiger partial charge is 0.341 e. The van der Waals surface area contributed by atoms with E-state index >= 15 is 0 Å². The van der Waals surface area contributed by atoms with Crippen molar-refractivity contribution in [2.24, 2.45) is 0 Å². The Balaban J connectivity index is 0.00000121. The van der Waals surface area contributed by atoms with Gasteiger partial charge >= 0.3 is 5.97 Å². The van der Waals surface area contributed by atoms with Crippen molar-refractivity contribution in [1.29, 1.82) is 0 Å². The quantitative estimate of drug-likeness (QED) is 0.448. The number of aromatic nitrogens is 1. The van der Waals surface area contributed by atoms with E-state index in [-0.39, 0.29) is 23.9 Å². The summed E-state index contributed by atoms with van der Waals surface area (Å²) < 4.78 is 5.30. The van der Waals surface area contributed by atoms with Crippen molar-refractivity contribution in [3.63, 3.8) is 0 Å². The second-order valence-electron chi connectivity index (χ2n) is 4.25. The van der Waals surface area contributed by atoms with E-state index in [1.165, 1.54) is 11.8 Å². The summed E-state index contributed by atoms with van der Waals surface area (Å²) in [5.41, 5.74) is 1.52. The molecule has 0 unspecified atom stereocenters. The van der Waals surface area contributed by atoms with Gasteiger partial charge in [-0.15, -0.1) is 12.4 Å². The van der Waals surface area contributed by atoms with Crippen LogP contribution in [0.4, 0.5) is 0 Å². The molecule has 6 heteroatoms. The van der Waals surface area contributed by atoms with Crippen LogP contribution in [-0.2, 0) is 4.74 Å². The Hall–Kier alpha value is -1.95. The molecule has 22 heavy (non-hydrogen) atoms. The molecule has 4 nitrogen and oxygen atoms in total. The molecule has 0 saturated carbocycles. The number of ether oxygens (including phenoxy) is 1. The standard InChI is InChI=1S/C16H13NO2S.ClH.H2O/c18-16(19-11-20-12-6-2-1-3-7-12)14-10-17-15-9-5-4-8-13(14)15;;/h1-10,17H,11H2;1H;1H2. The maximum absolute atomic E-state index is 12.1. The third-order valence-corrected chi connectivity index (χ3v) is 3.81. The summed E-state index contributed by atoms with van der Waals surface area (Å²) in [4.78, 5) is 16.2. The molecule has 1 heterocycles. The molecule has 0 atom stereocenters. The molecule has 3 aromatic rings. The number of aromatic amines is 1. The topological polar surface area (TPSA) is 73.6 Å². The zero-order valence-electron chi connectivity index (χ0n) is 11.6. The molecular weight excluding hydrogens is 322 g/mol. The normalized spacial score (nSPS) is 9.64. The van der Waals surface area contributed by atoms with Crippen LogP contribution < -0.4 is 0 Å². The number of nitrogens with one attached hydrogen (secondary N) is 1. The van der Waals surface area contributed by atoms with E-state index in [1.54, 1.807) is 6.20 Å². The number of esters is 1. The van der Waals surface area contributed by atoms with Crippen molar-refractivity contribution < 1.29 is 15.0 Å². The van der Waals surface area contributed by atoms with Crippen LogP contribution >= 0.6 is 24.2 Å². The summed E-state index contributed by atoms with van der Waals surface area (Å²) in [6, 6.07) is 17.5. The number of H-pyrrole nitrogens is 1. The second kappa shape index (κ2) is 8.48. The second-order valence-corrected chi connectivity index (χ2v) is 5.25. The van der Waals surface area contributed by atoms with Crippen LogP contribution in [0, 0.1) is 0 Å². The molecule has 0 aliphatic rings. The first-order chi connectivity index (χ1) is 9.84. The average molecular weight is 338 g/mol. The van der Waals surface area contributed by atoms with E-state index in [0.717, 1.165) is 15.8 Å². The molecule has 0 bridgehead atoms. The number of carbonyl (C=O) groups is 1.